The maximum Gasteiger partial charge on any atom is 0.216 e. The van der Waals surface area contributed by atoms with Gasteiger partial charge in [0.2, 0.25) is 10.0 Å². The van der Waals surface area contributed by atoms with Crippen LogP contribution in [0.25, 0.3) is 5.69 Å². The molecule has 0 spiro atoms. The Morgan fingerprint density at radius 3 is 2.48 bits per heavy atom. The van der Waals surface area contributed by atoms with Gasteiger partial charge in [0.05, 0.1) is 5.75 Å². The first-order chi connectivity index (χ1) is 11.9. The molecule has 0 aliphatic rings. The minimum Gasteiger partial charge on any atom is -0.304 e. The second-order valence-corrected chi connectivity index (χ2v) is 7.49. The molecule has 0 radical (unpaired) electrons. The predicted molar refractivity (Wildman–Crippen MR) is 94.2 cm³/mol. The standard InChI is InChI=1S/C18H18FN3O2S/c1-14-20-10-11-22(14)17-8-6-15(7-9-17)12-21-25(23,24)13-16-4-2-3-5-18(16)19/h2-11,21H,12-13H2,1H3. The summed E-state index contributed by atoms with van der Waals surface area (Å²) in [6, 6.07) is 13.4. The number of aromatic nitrogens is 2. The fraction of sp³-hybridized carbons (Fsp3) is 0.167. The first-order valence-corrected chi connectivity index (χ1v) is 9.40. The Kier molecular flexibility index (Phi) is 4.96. The first kappa shape index (κ1) is 17.3. The molecule has 0 bridgehead atoms. The van der Waals surface area contributed by atoms with Gasteiger partial charge in [0.1, 0.15) is 11.6 Å². The Hall–Kier alpha value is -2.51. The van der Waals surface area contributed by atoms with Crippen LogP contribution in [0.15, 0.2) is 60.9 Å². The van der Waals surface area contributed by atoms with Crippen molar-refractivity contribution in [2.45, 2.75) is 19.2 Å². The van der Waals surface area contributed by atoms with E-state index in [0.29, 0.717) is 0 Å². The molecule has 1 N–H and O–H groups in total. The first-order valence-electron chi connectivity index (χ1n) is 7.75. The van der Waals surface area contributed by atoms with Crippen molar-refractivity contribution in [3.63, 3.8) is 0 Å². The number of nitrogens with one attached hydrogen (secondary N) is 1. The van der Waals surface area contributed by atoms with Crippen molar-refractivity contribution < 1.29 is 12.8 Å². The molecule has 0 fully saturated rings. The number of nitrogens with zero attached hydrogens (tertiary/aromatic N) is 2. The van der Waals surface area contributed by atoms with E-state index in [2.05, 4.69) is 9.71 Å². The highest BCUT2D eigenvalue weighted by molar-refractivity contribution is 7.88. The number of aryl methyl sites for hydroxylation is 1. The van der Waals surface area contributed by atoms with Crippen LogP contribution in [0.2, 0.25) is 0 Å². The summed E-state index contributed by atoms with van der Waals surface area (Å²) in [5, 5.41) is 0. The van der Waals surface area contributed by atoms with Crippen LogP contribution in [0.1, 0.15) is 17.0 Å². The lowest BCUT2D eigenvalue weighted by Crippen LogP contribution is -2.25. The van der Waals surface area contributed by atoms with Crippen LogP contribution in [0, 0.1) is 12.7 Å². The van der Waals surface area contributed by atoms with Crippen molar-refractivity contribution in [1.29, 1.82) is 0 Å². The Balaban J connectivity index is 1.65. The summed E-state index contributed by atoms with van der Waals surface area (Å²) >= 11 is 0. The Labute approximate surface area is 146 Å². The third kappa shape index (κ3) is 4.32. The van der Waals surface area contributed by atoms with Crippen LogP contribution >= 0.6 is 0 Å². The molecule has 0 aliphatic heterocycles. The number of sulfonamides is 1. The quantitative estimate of drug-likeness (QED) is 0.736. The Bertz CT molecular complexity index is 966. The number of hydrogen-bond acceptors (Lipinski definition) is 3. The molecule has 2 aromatic carbocycles. The van der Waals surface area contributed by atoms with Gasteiger partial charge in [-0.1, -0.05) is 30.3 Å². The van der Waals surface area contributed by atoms with E-state index in [0.717, 1.165) is 17.1 Å². The van der Waals surface area contributed by atoms with Gasteiger partial charge in [0.25, 0.3) is 0 Å². The highest BCUT2D eigenvalue weighted by Gasteiger charge is 2.14. The van der Waals surface area contributed by atoms with Crippen LogP contribution in [-0.4, -0.2) is 18.0 Å². The van der Waals surface area contributed by atoms with Gasteiger partial charge in [-0.2, -0.15) is 0 Å². The zero-order valence-corrected chi connectivity index (χ0v) is 14.5. The van der Waals surface area contributed by atoms with Crippen molar-refractivity contribution in [2.24, 2.45) is 0 Å². The van der Waals surface area contributed by atoms with Gasteiger partial charge >= 0.3 is 0 Å². The number of hydrogen-bond donors (Lipinski definition) is 1. The Morgan fingerprint density at radius 1 is 1.12 bits per heavy atom. The van der Waals surface area contributed by atoms with Crippen LogP contribution in [0.5, 0.6) is 0 Å². The van der Waals surface area contributed by atoms with Gasteiger partial charge in [-0.15, -0.1) is 0 Å². The molecule has 0 aliphatic carbocycles. The van der Waals surface area contributed by atoms with E-state index in [4.69, 9.17) is 0 Å². The van der Waals surface area contributed by atoms with Crippen LogP contribution in [0.3, 0.4) is 0 Å². The van der Waals surface area contributed by atoms with Crippen molar-refractivity contribution in [1.82, 2.24) is 14.3 Å². The maximum atomic E-state index is 13.6. The third-order valence-corrected chi connectivity index (χ3v) is 5.12. The van der Waals surface area contributed by atoms with E-state index in [9.17, 15) is 12.8 Å². The molecule has 0 amide bonds. The van der Waals surface area contributed by atoms with Gasteiger partial charge in [0, 0.05) is 30.2 Å². The molecule has 0 unspecified atom stereocenters. The lowest BCUT2D eigenvalue weighted by atomic mass is 10.2. The summed E-state index contributed by atoms with van der Waals surface area (Å²) in [6.45, 7) is 2.06. The van der Waals surface area contributed by atoms with Gasteiger partial charge < -0.3 is 4.57 Å². The molecule has 1 aromatic heterocycles. The molecule has 3 aromatic rings. The second kappa shape index (κ2) is 7.16. The van der Waals surface area contributed by atoms with Crippen LogP contribution in [0.4, 0.5) is 4.39 Å². The Morgan fingerprint density at radius 2 is 1.84 bits per heavy atom. The minimum absolute atomic E-state index is 0.153. The van der Waals surface area contributed by atoms with E-state index in [1.54, 1.807) is 12.3 Å². The lowest BCUT2D eigenvalue weighted by molar-refractivity contribution is 0.574. The van der Waals surface area contributed by atoms with Gasteiger partial charge in [-0.25, -0.2) is 22.5 Å². The molecule has 0 saturated carbocycles. The van der Waals surface area contributed by atoms with Gasteiger partial charge in [-0.3, -0.25) is 0 Å². The average molecular weight is 359 g/mol. The van der Waals surface area contributed by atoms with Crippen LogP contribution < -0.4 is 4.72 Å². The van der Waals surface area contributed by atoms with Crippen molar-refractivity contribution in [2.75, 3.05) is 0 Å². The molecule has 0 saturated heterocycles. The summed E-state index contributed by atoms with van der Waals surface area (Å²) in [5.41, 5.74) is 1.92. The molecule has 3 rings (SSSR count). The molecule has 0 atom stereocenters. The number of rotatable bonds is 6. The molecule has 130 valence electrons. The molecule has 5 nitrogen and oxygen atoms in total. The molecular formula is C18H18FN3O2S. The highest BCUT2D eigenvalue weighted by atomic mass is 32.2. The van der Waals surface area contributed by atoms with Crippen molar-refractivity contribution in [3.05, 3.63) is 83.7 Å². The summed E-state index contributed by atoms with van der Waals surface area (Å²) < 4.78 is 42.3. The van der Waals surface area contributed by atoms with E-state index in [1.165, 1.54) is 18.2 Å². The van der Waals surface area contributed by atoms with Gasteiger partial charge in [0.15, 0.2) is 0 Å². The molecule has 1 heterocycles. The normalized spacial score (nSPS) is 11.6. The van der Waals surface area contributed by atoms with Crippen molar-refractivity contribution >= 4 is 10.0 Å². The fourth-order valence-corrected chi connectivity index (χ4v) is 3.62. The summed E-state index contributed by atoms with van der Waals surface area (Å²) in [5.74, 6) is -0.0299. The summed E-state index contributed by atoms with van der Waals surface area (Å²) in [4.78, 5) is 4.17. The van der Waals surface area contributed by atoms with E-state index >= 15 is 0 Å². The third-order valence-electron chi connectivity index (χ3n) is 3.84. The molecule has 25 heavy (non-hydrogen) atoms. The van der Waals surface area contributed by atoms with Crippen molar-refractivity contribution in [3.8, 4) is 5.69 Å². The highest BCUT2D eigenvalue weighted by Crippen LogP contribution is 2.13. The SMILES string of the molecule is Cc1nccn1-c1ccc(CNS(=O)(=O)Cc2ccccc2F)cc1. The predicted octanol–water partition coefficient (Wildman–Crippen LogP) is 2.94. The summed E-state index contributed by atoms with van der Waals surface area (Å²) in [7, 11) is -3.62. The monoisotopic (exact) mass is 359 g/mol. The zero-order valence-electron chi connectivity index (χ0n) is 13.7. The minimum atomic E-state index is -3.62. The number of imidazole rings is 1. The average Bonchev–Trinajstić information content (AvgIpc) is 3.02. The van der Waals surface area contributed by atoms with Gasteiger partial charge in [-0.05, 0) is 30.7 Å². The smallest absolute Gasteiger partial charge is 0.216 e. The second-order valence-electron chi connectivity index (χ2n) is 5.68. The van der Waals surface area contributed by atoms with E-state index in [1.807, 2.05) is 42.0 Å². The summed E-state index contributed by atoms with van der Waals surface area (Å²) in [6.07, 6.45) is 3.58. The maximum absolute atomic E-state index is 13.6. The topological polar surface area (TPSA) is 64.0 Å². The van der Waals surface area contributed by atoms with E-state index in [-0.39, 0.29) is 17.9 Å². The number of benzene rings is 2. The van der Waals surface area contributed by atoms with Crippen LogP contribution in [-0.2, 0) is 22.3 Å². The molecular weight excluding hydrogens is 341 g/mol. The van der Waals surface area contributed by atoms with E-state index < -0.39 is 15.8 Å². The fourth-order valence-electron chi connectivity index (χ4n) is 2.49. The lowest BCUT2D eigenvalue weighted by Gasteiger charge is -2.09. The zero-order chi connectivity index (χ0) is 17.9. The largest absolute Gasteiger partial charge is 0.304 e. The molecule has 7 heteroatoms. The number of halogens is 1.